The Kier molecular flexibility index (Phi) is 3.98. The predicted octanol–water partition coefficient (Wildman–Crippen LogP) is 1.19. The van der Waals surface area contributed by atoms with Crippen molar-refractivity contribution in [1.82, 2.24) is 5.32 Å². The molecular weight excluding hydrogens is 186 g/mol. The number of halogens is 2. The SMILES string of the molecule is Cc1cc(F)cc(F)c1.NCC1CN1. The fraction of sp³-hybridized carbons (Fsp3) is 0.400. The van der Waals surface area contributed by atoms with E-state index >= 15 is 0 Å². The van der Waals surface area contributed by atoms with E-state index < -0.39 is 11.6 Å². The first-order chi connectivity index (χ1) is 6.61. The van der Waals surface area contributed by atoms with Crippen LogP contribution >= 0.6 is 0 Å². The van der Waals surface area contributed by atoms with E-state index in [-0.39, 0.29) is 0 Å². The molecule has 1 unspecified atom stereocenters. The molecule has 1 aromatic carbocycles. The summed E-state index contributed by atoms with van der Waals surface area (Å²) >= 11 is 0. The Morgan fingerprint density at radius 1 is 1.36 bits per heavy atom. The van der Waals surface area contributed by atoms with Crippen molar-refractivity contribution in [3.05, 3.63) is 35.4 Å². The van der Waals surface area contributed by atoms with Crippen LogP contribution in [0.5, 0.6) is 0 Å². The first-order valence-corrected chi connectivity index (χ1v) is 4.48. The minimum Gasteiger partial charge on any atom is -0.329 e. The molecule has 1 heterocycles. The molecule has 3 N–H and O–H groups in total. The molecule has 4 heteroatoms. The summed E-state index contributed by atoms with van der Waals surface area (Å²) in [6.07, 6.45) is 0. The molecule has 1 saturated heterocycles. The fourth-order valence-corrected chi connectivity index (χ4v) is 0.942. The maximum atomic E-state index is 12.2. The zero-order valence-corrected chi connectivity index (χ0v) is 8.06. The van der Waals surface area contributed by atoms with Gasteiger partial charge in [-0.25, -0.2) is 8.78 Å². The molecule has 1 aliphatic heterocycles. The third-order valence-electron chi connectivity index (χ3n) is 1.78. The van der Waals surface area contributed by atoms with Crippen molar-refractivity contribution in [2.24, 2.45) is 5.73 Å². The molecule has 78 valence electrons. The number of nitrogens with two attached hydrogens (primary N) is 1. The van der Waals surface area contributed by atoms with Gasteiger partial charge in [-0.15, -0.1) is 0 Å². The van der Waals surface area contributed by atoms with Crippen LogP contribution in [0, 0.1) is 18.6 Å². The molecule has 1 aromatic rings. The highest BCUT2D eigenvalue weighted by Gasteiger charge is 2.15. The van der Waals surface area contributed by atoms with Crippen molar-refractivity contribution in [2.45, 2.75) is 13.0 Å². The van der Waals surface area contributed by atoms with Gasteiger partial charge in [0, 0.05) is 25.2 Å². The lowest BCUT2D eigenvalue weighted by atomic mass is 10.2. The molecule has 1 atom stereocenters. The summed E-state index contributed by atoms with van der Waals surface area (Å²) in [7, 11) is 0. The molecule has 0 saturated carbocycles. The molecule has 0 aliphatic carbocycles. The first kappa shape index (κ1) is 11.1. The predicted molar refractivity (Wildman–Crippen MR) is 51.9 cm³/mol. The third-order valence-corrected chi connectivity index (χ3v) is 1.78. The van der Waals surface area contributed by atoms with E-state index in [9.17, 15) is 8.78 Å². The summed E-state index contributed by atoms with van der Waals surface area (Å²) in [6.45, 7) is 3.59. The van der Waals surface area contributed by atoms with Crippen molar-refractivity contribution >= 4 is 0 Å². The van der Waals surface area contributed by atoms with Crippen LogP contribution in [0.15, 0.2) is 18.2 Å². The van der Waals surface area contributed by atoms with Gasteiger partial charge >= 0.3 is 0 Å². The molecular formula is C10H14F2N2. The Morgan fingerprint density at radius 2 is 1.86 bits per heavy atom. The van der Waals surface area contributed by atoms with Gasteiger partial charge < -0.3 is 11.1 Å². The Morgan fingerprint density at radius 3 is 2.07 bits per heavy atom. The van der Waals surface area contributed by atoms with Gasteiger partial charge in [0.25, 0.3) is 0 Å². The average molecular weight is 200 g/mol. The second-order valence-electron chi connectivity index (χ2n) is 3.29. The summed E-state index contributed by atoms with van der Waals surface area (Å²) in [6, 6.07) is 4.08. The summed E-state index contributed by atoms with van der Waals surface area (Å²) in [4.78, 5) is 0. The van der Waals surface area contributed by atoms with Gasteiger partial charge in [-0.3, -0.25) is 0 Å². The normalized spacial score (nSPS) is 18.4. The maximum absolute atomic E-state index is 12.2. The largest absolute Gasteiger partial charge is 0.329 e. The highest BCUT2D eigenvalue weighted by atomic mass is 19.1. The van der Waals surface area contributed by atoms with E-state index in [0.717, 1.165) is 19.2 Å². The topological polar surface area (TPSA) is 48.0 Å². The monoisotopic (exact) mass is 200 g/mol. The molecule has 0 aromatic heterocycles. The summed E-state index contributed by atoms with van der Waals surface area (Å²) in [5.74, 6) is -1.04. The van der Waals surface area contributed by atoms with E-state index in [1.807, 2.05) is 0 Å². The minimum absolute atomic E-state index is 0.521. The van der Waals surface area contributed by atoms with E-state index in [1.165, 1.54) is 12.1 Å². The van der Waals surface area contributed by atoms with E-state index in [0.29, 0.717) is 11.6 Å². The van der Waals surface area contributed by atoms with Gasteiger partial charge in [0.15, 0.2) is 0 Å². The molecule has 2 rings (SSSR count). The van der Waals surface area contributed by atoms with Crippen molar-refractivity contribution in [3.63, 3.8) is 0 Å². The Balaban J connectivity index is 0.000000165. The number of hydrogen-bond acceptors (Lipinski definition) is 2. The van der Waals surface area contributed by atoms with Crippen LogP contribution in [-0.4, -0.2) is 19.1 Å². The average Bonchev–Trinajstić information content (AvgIpc) is 2.84. The lowest BCUT2D eigenvalue weighted by Crippen LogP contribution is -2.08. The number of benzene rings is 1. The van der Waals surface area contributed by atoms with E-state index in [4.69, 9.17) is 5.73 Å². The maximum Gasteiger partial charge on any atom is 0.126 e. The number of rotatable bonds is 1. The second-order valence-corrected chi connectivity index (χ2v) is 3.29. The van der Waals surface area contributed by atoms with Crippen LogP contribution in [0.3, 0.4) is 0 Å². The van der Waals surface area contributed by atoms with Crippen LogP contribution in [0.2, 0.25) is 0 Å². The number of nitrogens with one attached hydrogen (secondary N) is 1. The van der Waals surface area contributed by atoms with Crippen LogP contribution in [-0.2, 0) is 0 Å². The summed E-state index contributed by atoms with van der Waals surface area (Å²) in [5.41, 5.74) is 5.78. The minimum atomic E-state index is -0.521. The van der Waals surface area contributed by atoms with Gasteiger partial charge in [-0.2, -0.15) is 0 Å². The van der Waals surface area contributed by atoms with E-state index in [2.05, 4.69) is 5.32 Å². The molecule has 14 heavy (non-hydrogen) atoms. The highest BCUT2D eigenvalue weighted by Crippen LogP contribution is 2.05. The van der Waals surface area contributed by atoms with Gasteiger partial charge in [0.05, 0.1) is 0 Å². The van der Waals surface area contributed by atoms with Crippen molar-refractivity contribution in [1.29, 1.82) is 0 Å². The summed E-state index contributed by atoms with van der Waals surface area (Å²) in [5, 5.41) is 3.06. The number of aryl methyl sites for hydroxylation is 1. The zero-order chi connectivity index (χ0) is 10.6. The molecule has 1 aliphatic rings. The van der Waals surface area contributed by atoms with Crippen LogP contribution in [0.1, 0.15) is 5.56 Å². The molecule has 0 spiro atoms. The van der Waals surface area contributed by atoms with Gasteiger partial charge in [-0.05, 0) is 24.6 Å². The Bertz CT molecular complexity index is 248. The first-order valence-electron chi connectivity index (χ1n) is 4.48. The molecule has 0 amide bonds. The molecule has 2 nitrogen and oxygen atoms in total. The van der Waals surface area contributed by atoms with E-state index in [1.54, 1.807) is 6.92 Å². The van der Waals surface area contributed by atoms with Crippen LogP contribution in [0.4, 0.5) is 8.78 Å². The molecule has 0 bridgehead atoms. The van der Waals surface area contributed by atoms with Crippen LogP contribution < -0.4 is 11.1 Å². The van der Waals surface area contributed by atoms with Gasteiger partial charge in [0.2, 0.25) is 0 Å². The van der Waals surface area contributed by atoms with Crippen molar-refractivity contribution in [2.75, 3.05) is 13.1 Å². The summed E-state index contributed by atoms with van der Waals surface area (Å²) < 4.78 is 24.4. The lowest BCUT2D eigenvalue weighted by Gasteiger charge is -1.91. The molecule has 1 fully saturated rings. The Labute approximate surface area is 82.1 Å². The third kappa shape index (κ3) is 4.30. The number of hydrogen-bond donors (Lipinski definition) is 2. The van der Waals surface area contributed by atoms with Gasteiger partial charge in [-0.1, -0.05) is 0 Å². The van der Waals surface area contributed by atoms with Gasteiger partial charge in [0.1, 0.15) is 11.6 Å². The zero-order valence-electron chi connectivity index (χ0n) is 8.06. The van der Waals surface area contributed by atoms with Crippen molar-refractivity contribution in [3.8, 4) is 0 Å². The van der Waals surface area contributed by atoms with Crippen LogP contribution in [0.25, 0.3) is 0 Å². The Hall–Kier alpha value is -1.00. The smallest absolute Gasteiger partial charge is 0.126 e. The molecule has 0 radical (unpaired) electrons. The quantitative estimate of drug-likeness (QED) is 0.669. The fourth-order valence-electron chi connectivity index (χ4n) is 0.942. The highest BCUT2D eigenvalue weighted by molar-refractivity contribution is 5.15. The van der Waals surface area contributed by atoms with Crippen molar-refractivity contribution < 1.29 is 8.78 Å². The standard InChI is InChI=1S/C7H6F2.C3H8N2/c1-5-2-6(8)4-7(9)3-5;4-1-3-2-5-3/h2-4H,1H3;3,5H,1-2,4H2. The second kappa shape index (κ2) is 5.02. The lowest BCUT2D eigenvalue weighted by molar-refractivity contribution is 0.581.